The molecule has 0 aromatic rings. The van der Waals surface area contributed by atoms with E-state index in [1.165, 1.54) is 0 Å². The average molecular weight is 100 g/mol. The van der Waals surface area contributed by atoms with Gasteiger partial charge in [-0.2, -0.15) is 5.26 Å². The van der Waals surface area contributed by atoms with Crippen LogP contribution in [0.3, 0.4) is 0 Å². The van der Waals surface area contributed by atoms with Gasteiger partial charge in [0.05, 0.1) is 0 Å². The third-order valence-electron chi connectivity index (χ3n) is 0.118. The lowest BCUT2D eigenvalue weighted by molar-refractivity contribution is 1.55. The molecular formula is CN4S+. The van der Waals surface area contributed by atoms with Gasteiger partial charge in [0.15, 0.2) is 17.3 Å². The maximum absolute atomic E-state index is 7.65. The molecular weight excluding hydrogens is 100 g/mol. The minimum absolute atomic E-state index is 0.522. The van der Waals surface area contributed by atoms with Crippen LogP contribution >= 0.6 is 11.9 Å². The van der Waals surface area contributed by atoms with Gasteiger partial charge in [0.2, 0.25) is 4.52 Å². The summed E-state index contributed by atoms with van der Waals surface area (Å²) in [5, 5.41) is 9.21. The van der Waals surface area contributed by atoms with E-state index in [0.717, 1.165) is 0 Å². The van der Waals surface area contributed by atoms with Crippen LogP contribution in [0.1, 0.15) is 0 Å². The van der Waals surface area contributed by atoms with E-state index in [9.17, 15) is 0 Å². The highest BCUT2D eigenvalue weighted by molar-refractivity contribution is 8.01. The molecule has 29 valence electrons. The van der Waals surface area contributed by atoms with Crippen LogP contribution in [0.2, 0.25) is 0 Å². The van der Waals surface area contributed by atoms with Gasteiger partial charge in [-0.25, -0.2) is 0 Å². The van der Waals surface area contributed by atoms with Gasteiger partial charge in [-0.15, -0.1) is 0 Å². The van der Waals surface area contributed by atoms with Crippen molar-refractivity contribution in [1.82, 2.24) is 4.52 Å². The number of azide groups is 1. The summed E-state index contributed by atoms with van der Waals surface area (Å²) in [6, 6.07) is 0. The molecule has 0 rings (SSSR count). The predicted octanol–water partition coefficient (Wildman–Crippen LogP) is 0.762. The van der Waals surface area contributed by atoms with Crippen LogP contribution in [0.4, 0.5) is 0 Å². The Morgan fingerprint density at radius 3 is 2.67 bits per heavy atom. The molecule has 0 aliphatic carbocycles. The molecule has 0 aromatic carbocycles. The molecule has 0 fully saturated rings. The molecule has 0 aliphatic heterocycles. The smallest absolute Gasteiger partial charge is 0.183 e. The molecule has 0 N–H and O–H groups in total. The van der Waals surface area contributed by atoms with Crippen LogP contribution in [-0.2, 0) is 0 Å². The first-order valence-electron chi connectivity index (χ1n) is 1.01. The second-order valence-electron chi connectivity index (χ2n) is 0.354. The first-order valence-corrected chi connectivity index (χ1v) is 1.78. The Kier molecular flexibility index (Phi) is 3.56. The summed E-state index contributed by atoms with van der Waals surface area (Å²) in [6.45, 7) is 0. The van der Waals surface area contributed by atoms with Crippen LogP contribution in [0, 0.1) is 10.7 Å². The quantitative estimate of drug-likeness (QED) is 0.160. The molecule has 0 spiro atoms. The zero-order valence-corrected chi connectivity index (χ0v) is 3.51. The van der Waals surface area contributed by atoms with E-state index in [1.54, 1.807) is 5.40 Å². The monoisotopic (exact) mass is 100.0 g/mol. The van der Waals surface area contributed by atoms with E-state index >= 15 is 0 Å². The lowest BCUT2D eigenvalue weighted by Gasteiger charge is -1.40. The molecule has 0 unspecified atom stereocenters. The van der Waals surface area contributed by atoms with Crippen LogP contribution in [0.15, 0.2) is 0 Å². The SMILES string of the molecule is N#CS[N+]=[N+]=[N-]. The van der Waals surface area contributed by atoms with Crippen molar-refractivity contribution in [2.75, 3.05) is 0 Å². The Morgan fingerprint density at radius 2 is 2.50 bits per heavy atom. The van der Waals surface area contributed by atoms with Crippen molar-refractivity contribution in [2.24, 2.45) is 0 Å². The Hall–Kier alpha value is -0.850. The topological polar surface area (TPSA) is 74.3 Å². The van der Waals surface area contributed by atoms with E-state index in [-0.39, 0.29) is 0 Å². The van der Waals surface area contributed by atoms with E-state index in [4.69, 9.17) is 10.8 Å². The van der Waals surface area contributed by atoms with Crippen molar-refractivity contribution in [3.05, 3.63) is 10.4 Å². The fourth-order valence-electron chi connectivity index (χ4n) is 0.0365. The molecule has 4 nitrogen and oxygen atoms in total. The largest absolute Gasteiger partial charge is 0.356 e. The van der Waals surface area contributed by atoms with Crippen molar-refractivity contribution in [1.29, 1.82) is 5.26 Å². The second kappa shape index (κ2) is 4.15. The highest BCUT2D eigenvalue weighted by Crippen LogP contribution is 1.81. The summed E-state index contributed by atoms with van der Waals surface area (Å²) in [4.78, 5) is 2.29. The van der Waals surface area contributed by atoms with Gasteiger partial charge in [-0.3, -0.25) is 0 Å². The summed E-state index contributed by atoms with van der Waals surface area (Å²) in [5.74, 6) is 0. The van der Waals surface area contributed by atoms with E-state index < -0.39 is 0 Å². The third kappa shape index (κ3) is 3.15. The Balaban J connectivity index is 3.16. The molecule has 1 radical (unpaired) electrons. The van der Waals surface area contributed by atoms with Gasteiger partial charge in [0.1, 0.15) is 0 Å². The maximum Gasteiger partial charge on any atom is 0.356 e. The lowest BCUT2D eigenvalue weighted by atomic mass is 11.8. The van der Waals surface area contributed by atoms with Crippen LogP contribution in [-0.4, -0.2) is 0 Å². The fraction of sp³-hybridized carbons (Fsp3) is 0. The van der Waals surface area contributed by atoms with Crippen molar-refractivity contribution >= 4 is 11.9 Å². The molecule has 0 bridgehead atoms. The Bertz CT molecular complexity index is 105. The first kappa shape index (κ1) is 5.15. The molecule has 0 atom stereocenters. The van der Waals surface area contributed by atoms with Crippen molar-refractivity contribution < 1.29 is 0 Å². The standard InChI is InChI=1S/CN4S/c2-1-6-5-4-3/q+1. The number of nitrogens with zero attached hydrogens (tertiary/aromatic N) is 4. The van der Waals surface area contributed by atoms with Crippen molar-refractivity contribution in [3.63, 3.8) is 0 Å². The van der Waals surface area contributed by atoms with Crippen molar-refractivity contribution in [3.8, 4) is 5.40 Å². The van der Waals surface area contributed by atoms with Gasteiger partial charge in [0, 0.05) is 0 Å². The predicted molar refractivity (Wildman–Crippen MR) is 22.1 cm³/mol. The van der Waals surface area contributed by atoms with Crippen LogP contribution in [0.5, 0.6) is 0 Å². The molecule has 6 heavy (non-hydrogen) atoms. The summed E-state index contributed by atoms with van der Waals surface area (Å²) < 4.78 is 2.83. The minimum atomic E-state index is 0.522. The van der Waals surface area contributed by atoms with Gasteiger partial charge in [-0.1, -0.05) is 0 Å². The first-order chi connectivity index (χ1) is 2.91. The molecule has 0 aromatic heterocycles. The minimum Gasteiger partial charge on any atom is -0.183 e. The zero-order valence-electron chi connectivity index (χ0n) is 2.70. The Labute approximate surface area is 38.5 Å². The molecule has 0 aliphatic rings. The van der Waals surface area contributed by atoms with E-state index in [1.807, 2.05) is 0 Å². The van der Waals surface area contributed by atoms with Crippen LogP contribution in [0.25, 0.3) is 10.4 Å². The number of rotatable bonds is 1. The average Bonchev–Trinajstić information content (AvgIpc) is 1.61. The molecule has 0 saturated carbocycles. The zero-order chi connectivity index (χ0) is 4.83. The molecule has 0 amide bonds. The van der Waals surface area contributed by atoms with Crippen LogP contribution < -0.4 is 4.52 Å². The number of hydrogen-bond donors (Lipinski definition) is 0. The highest BCUT2D eigenvalue weighted by atomic mass is 32.2. The summed E-state index contributed by atoms with van der Waals surface area (Å²) in [5.41, 5.74) is 7.48. The van der Waals surface area contributed by atoms with Gasteiger partial charge in [0.25, 0.3) is 4.91 Å². The third-order valence-corrected chi connectivity index (χ3v) is 0.354. The fourth-order valence-corrected chi connectivity index (χ4v) is 0.110. The maximum atomic E-state index is 7.65. The highest BCUT2D eigenvalue weighted by Gasteiger charge is 1.77. The van der Waals surface area contributed by atoms with Gasteiger partial charge < -0.3 is 0 Å². The normalized spacial score (nSPS) is 5.17. The van der Waals surface area contributed by atoms with Gasteiger partial charge >= 0.3 is 5.53 Å². The number of thiocyanates is 1. The summed E-state index contributed by atoms with van der Waals surface area (Å²) in [6.07, 6.45) is 0. The summed E-state index contributed by atoms with van der Waals surface area (Å²) in [7, 11) is 0. The second-order valence-corrected chi connectivity index (χ2v) is 0.882. The number of nitriles is 1. The Morgan fingerprint density at radius 1 is 1.83 bits per heavy atom. The molecule has 5 heteroatoms. The van der Waals surface area contributed by atoms with E-state index in [2.05, 4.69) is 9.43 Å². The van der Waals surface area contributed by atoms with E-state index in [0.29, 0.717) is 11.9 Å². The number of hydrogen-bond acceptors (Lipinski definition) is 3. The molecule has 0 saturated heterocycles. The molecule has 0 heterocycles. The van der Waals surface area contributed by atoms with Crippen molar-refractivity contribution in [2.45, 2.75) is 0 Å². The summed E-state index contributed by atoms with van der Waals surface area (Å²) >= 11 is 0.522. The van der Waals surface area contributed by atoms with Gasteiger partial charge in [-0.05, 0) is 0 Å². The lowest BCUT2D eigenvalue weighted by Crippen LogP contribution is -1.52.